The first kappa shape index (κ1) is 11.2. The van der Waals surface area contributed by atoms with Crippen LogP contribution in [0.5, 0.6) is 0 Å². The van der Waals surface area contributed by atoms with E-state index in [-0.39, 0.29) is 5.76 Å². The fraction of sp³-hybridized carbons (Fsp3) is 0.667. The summed E-state index contributed by atoms with van der Waals surface area (Å²) in [6.45, 7) is 3.91. The lowest BCUT2D eigenvalue weighted by molar-refractivity contribution is 0.0486. The molecule has 1 heterocycles. The fourth-order valence-corrected chi connectivity index (χ4v) is 1.87. The fourth-order valence-electron chi connectivity index (χ4n) is 1.87. The van der Waals surface area contributed by atoms with Crippen molar-refractivity contribution >= 4 is 5.97 Å². The standard InChI is InChI=1S/C12H17NO3/c1-3-15-12(14)11-8(2)13-10(16-11)7-9-5-4-6-9/h9H,3-7H2,1-2H3. The van der Waals surface area contributed by atoms with Crippen LogP contribution >= 0.6 is 0 Å². The van der Waals surface area contributed by atoms with E-state index in [1.54, 1.807) is 13.8 Å². The van der Waals surface area contributed by atoms with Crippen LogP contribution in [0.2, 0.25) is 0 Å². The zero-order valence-corrected chi connectivity index (χ0v) is 9.78. The molecule has 2 rings (SSSR count). The Hall–Kier alpha value is -1.32. The predicted octanol–water partition coefficient (Wildman–Crippen LogP) is 2.50. The first-order valence-electron chi connectivity index (χ1n) is 5.84. The minimum absolute atomic E-state index is 0.260. The maximum Gasteiger partial charge on any atom is 0.376 e. The second-order valence-electron chi connectivity index (χ2n) is 4.24. The zero-order chi connectivity index (χ0) is 11.5. The Kier molecular flexibility index (Phi) is 3.27. The molecule has 0 radical (unpaired) electrons. The van der Waals surface area contributed by atoms with Crippen LogP contribution in [0.1, 0.15) is 48.3 Å². The van der Waals surface area contributed by atoms with Crippen LogP contribution in [0.4, 0.5) is 0 Å². The van der Waals surface area contributed by atoms with E-state index in [0.717, 1.165) is 6.42 Å². The van der Waals surface area contributed by atoms with Crippen LogP contribution in [0.15, 0.2) is 4.42 Å². The Morgan fingerprint density at radius 3 is 2.88 bits per heavy atom. The zero-order valence-electron chi connectivity index (χ0n) is 9.78. The van der Waals surface area contributed by atoms with Gasteiger partial charge in [-0.15, -0.1) is 0 Å². The molecule has 0 atom stereocenters. The summed E-state index contributed by atoms with van der Waals surface area (Å²) in [6.07, 6.45) is 4.64. The Balaban J connectivity index is 2.05. The summed E-state index contributed by atoms with van der Waals surface area (Å²) >= 11 is 0. The number of hydrogen-bond acceptors (Lipinski definition) is 4. The molecule has 88 valence electrons. The van der Waals surface area contributed by atoms with Gasteiger partial charge in [-0.25, -0.2) is 9.78 Å². The lowest BCUT2D eigenvalue weighted by atomic mass is 9.83. The van der Waals surface area contributed by atoms with Crippen LogP contribution in [-0.4, -0.2) is 17.6 Å². The molecule has 1 fully saturated rings. The lowest BCUT2D eigenvalue weighted by Gasteiger charge is -2.23. The normalized spacial score (nSPS) is 15.9. The molecule has 0 bridgehead atoms. The van der Waals surface area contributed by atoms with Crippen molar-refractivity contribution in [1.29, 1.82) is 0 Å². The van der Waals surface area contributed by atoms with E-state index in [2.05, 4.69) is 4.98 Å². The molecule has 1 aliphatic rings. The number of aryl methyl sites for hydroxylation is 1. The van der Waals surface area contributed by atoms with E-state index in [9.17, 15) is 4.79 Å². The summed E-state index contributed by atoms with van der Waals surface area (Å²) in [4.78, 5) is 15.8. The molecule has 1 aromatic rings. The number of aromatic nitrogens is 1. The van der Waals surface area contributed by atoms with Gasteiger partial charge in [-0.05, 0) is 32.6 Å². The highest BCUT2D eigenvalue weighted by atomic mass is 16.5. The number of nitrogens with zero attached hydrogens (tertiary/aromatic N) is 1. The van der Waals surface area contributed by atoms with Gasteiger partial charge >= 0.3 is 5.97 Å². The number of carbonyl (C=O) groups is 1. The van der Waals surface area contributed by atoms with Crippen molar-refractivity contribution in [3.05, 3.63) is 17.3 Å². The van der Waals surface area contributed by atoms with Gasteiger partial charge in [0.15, 0.2) is 5.89 Å². The summed E-state index contributed by atoms with van der Waals surface area (Å²) < 4.78 is 10.3. The molecule has 0 amide bonds. The molecule has 0 N–H and O–H groups in total. The van der Waals surface area contributed by atoms with Crippen LogP contribution < -0.4 is 0 Å². The van der Waals surface area contributed by atoms with E-state index >= 15 is 0 Å². The van der Waals surface area contributed by atoms with Gasteiger partial charge in [-0.3, -0.25) is 0 Å². The second-order valence-corrected chi connectivity index (χ2v) is 4.24. The molecule has 4 nitrogen and oxygen atoms in total. The predicted molar refractivity (Wildman–Crippen MR) is 58.2 cm³/mol. The van der Waals surface area contributed by atoms with E-state index in [4.69, 9.17) is 9.15 Å². The summed E-state index contributed by atoms with van der Waals surface area (Å²) in [5.41, 5.74) is 0.632. The van der Waals surface area contributed by atoms with Gasteiger partial charge in [0.05, 0.1) is 12.3 Å². The quantitative estimate of drug-likeness (QED) is 0.736. The third-order valence-electron chi connectivity index (χ3n) is 2.99. The molecule has 0 aliphatic heterocycles. The minimum atomic E-state index is -0.410. The monoisotopic (exact) mass is 223 g/mol. The van der Waals surface area contributed by atoms with Crippen LogP contribution in [0, 0.1) is 12.8 Å². The molecular weight excluding hydrogens is 206 g/mol. The molecule has 1 aliphatic carbocycles. The summed E-state index contributed by atoms with van der Waals surface area (Å²) in [6, 6.07) is 0. The van der Waals surface area contributed by atoms with Gasteiger partial charge in [0.2, 0.25) is 5.76 Å². The molecule has 0 spiro atoms. The molecule has 1 saturated carbocycles. The topological polar surface area (TPSA) is 52.3 Å². The number of oxazole rings is 1. The largest absolute Gasteiger partial charge is 0.460 e. The molecule has 0 saturated heterocycles. The average Bonchev–Trinajstić information content (AvgIpc) is 2.54. The minimum Gasteiger partial charge on any atom is -0.460 e. The third-order valence-corrected chi connectivity index (χ3v) is 2.99. The molecule has 0 unspecified atom stereocenters. The highest BCUT2D eigenvalue weighted by Crippen LogP contribution is 2.30. The van der Waals surface area contributed by atoms with Crippen molar-refractivity contribution in [3.63, 3.8) is 0 Å². The van der Waals surface area contributed by atoms with Gasteiger partial charge in [0.25, 0.3) is 0 Å². The van der Waals surface area contributed by atoms with Gasteiger partial charge < -0.3 is 9.15 Å². The summed E-state index contributed by atoms with van der Waals surface area (Å²) in [5.74, 6) is 1.21. The van der Waals surface area contributed by atoms with E-state index in [0.29, 0.717) is 24.1 Å². The highest BCUT2D eigenvalue weighted by molar-refractivity contribution is 5.87. The smallest absolute Gasteiger partial charge is 0.376 e. The van der Waals surface area contributed by atoms with Gasteiger partial charge in [-0.2, -0.15) is 0 Å². The summed E-state index contributed by atoms with van der Waals surface area (Å²) in [7, 11) is 0. The lowest BCUT2D eigenvalue weighted by Crippen LogP contribution is -2.13. The first-order valence-corrected chi connectivity index (χ1v) is 5.84. The average molecular weight is 223 g/mol. The van der Waals surface area contributed by atoms with Crippen molar-refractivity contribution in [2.75, 3.05) is 6.61 Å². The maximum absolute atomic E-state index is 11.5. The molecule has 1 aromatic heterocycles. The van der Waals surface area contributed by atoms with Crippen LogP contribution in [0.3, 0.4) is 0 Å². The van der Waals surface area contributed by atoms with Gasteiger partial charge in [0, 0.05) is 6.42 Å². The van der Waals surface area contributed by atoms with Crippen molar-refractivity contribution in [2.24, 2.45) is 5.92 Å². The van der Waals surface area contributed by atoms with Crippen molar-refractivity contribution in [1.82, 2.24) is 4.98 Å². The second kappa shape index (κ2) is 4.68. The number of ether oxygens (including phenoxy) is 1. The molecule has 4 heteroatoms. The Morgan fingerprint density at radius 1 is 1.56 bits per heavy atom. The number of esters is 1. The van der Waals surface area contributed by atoms with E-state index in [1.165, 1.54) is 19.3 Å². The Morgan fingerprint density at radius 2 is 2.31 bits per heavy atom. The Labute approximate surface area is 95.0 Å². The number of rotatable bonds is 4. The summed E-state index contributed by atoms with van der Waals surface area (Å²) in [5, 5.41) is 0. The van der Waals surface area contributed by atoms with E-state index in [1.807, 2.05) is 0 Å². The van der Waals surface area contributed by atoms with Gasteiger partial charge in [0.1, 0.15) is 0 Å². The molecule has 0 aromatic carbocycles. The van der Waals surface area contributed by atoms with Crippen LogP contribution in [-0.2, 0) is 11.2 Å². The first-order chi connectivity index (χ1) is 7.70. The Bertz CT molecular complexity index is 380. The van der Waals surface area contributed by atoms with Crippen LogP contribution in [0.25, 0.3) is 0 Å². The third kappa shape index (κ3) is 2.26. The van der Waals surface area contributed by atoms with Crippen molar-refractivity contribution in [3.8, 4) is 0 Å². The van der Waals surface area contributed by atoms with Crippen molar-refractivity contribution in [2.45, 2.75) is 39.5 Å². The number of hydrogen-bond donors (Lipinski definition) is 0. The SMILES string of the molecule is CCOC(=O)c1oc(CC2CCC2)nc1C. The van der Waals surface area contributed by atoms with E-state index < -0.39 is 5.97 Å². The molecule has 16 heavy (non-hydrogen) atoms. The molecular formula is C12H17NO3. The van der Waals surface area contributed by atoms with Gasteiger partial charge in [-0.1, -0.05) is 6.42 Å². The highest BCUT2D eigenvalue weighted by Gasteiger charge is 2.23. The van der Waals surface area contributed by atoms with Crippen molar-refractivity contribution < 1.29 is 13.9 Å². The maximum atomic E-state index is 11.5. The number of carbonyl (C=O) groups excluding carboxylic acids is 1.